The zero-order chi connectivity index (χ0) is 18.8. The third kappa shape index (κ3) is 3.34. The highest BCUT2D eigenvalue weighted by Crippen LogP contribution is 2.27. The molecule has 0 radical (unpaired) electrons. The molecule has 1 N–H and O–H groups in total. The maximum Gasteiger partial charge on any atom is 0.231 e. The number of carbonyl (C=O) groups excluding carboxylic acids is 1. The molecule has 1 atom stereocenters. The third-order valence-corrected chi connectivity index (χ3v) is 4.87. The Hall–Kier alpha value is -3.40. The van der Waals surface area contributed by atoms with E-state index < -0.39 is 0 Å². The van der Waals surface area contributed by atoms with Crippen LogP contribution >= 0.6 is 0 Å². The summed E-state index contributed by atoms with van der Waals surface area (Å²) in [7, 11) is 1.66. The van der Waals surface area contributed by atoms with E-state index in [-0.39, 0.29) is 11.8 Å². The molecule has 0 spiro atoms. The number of hydrogen-bond acceptors (Lipinski definition) is 3. The molecule has 0 saturated carbocycles. The molecule has 4 rings (SSSR count). The second-order valence-electron chi connectivity index (χ2n) is 6.56. The van der Waals surface area contributed by atoms with Crippen molar-refractivity contribution in [3.05, 3.63) is 78.5 Å². The van der Waals surface area contributed by atoms with E-state index in [1.54, 1.807) is 13.3 Å². The monoisotopic (exact) mass is 356 g/mol. The van der Waals surface area contributed by atoms with Crippen molar-refractivity contribution in [3.63, 3.8) is 0 Å². The number of anilines is 1. The molecule has 1 amide bonds. The first kappa shape index (κ1) is 17.0. The van der Waals surface area contributed by atoms with Gasteiger partial charge in [-0.2, -0.15) is 0 Å². The maximum atomic E-state index is 12.8. The van der Waals surface area contributed by atoms with E-state index in [2.05, 4.69) is 16.4 Å². The van der Waals surface area contributed by atoms with Crippen molar-refractivity contribution in [1.29, 1.82) is 0 Å². The lowest BCUT2D eigenvalue weighted by Crippen LogP contribution is -2.19. The van der Waals surface area contributed by atoms with Crippen LogP contribution in [-0.4, -0.2) is 18.0 Å². The van der Waals surface area contributed by atoms with Crippen LogP contribution in [0.5, 0.6) is 5.75 Å². The van der Waals surface area contributed by atoms with Crippen LogP contribution in [0, 0.1) is 0 Å². The van der Waals surface area contributed by atoms with E-state index in [1.165, 1.54) is 0 Å². The molecule has 4 heteroatoms. The zero-order valence-electron chi connectivity index (χ0n) is 15.3. The Kier molecular flexibility index (Phi) is 4.47. The predicted molar refractivity (Wildman–Crippen MR) is 109 cm³/mol. The average molecular weight is 356 g/mol. The van der Waals surface area contributed by atoms with Gasteiger partial charge in [-0.1, -0.05) is 30.3 Å². The van der Waals surface area contributed by atoms with Crippen LogP contribution in [0.4, 0.5) is 5.69 Å². The number of benzene rings is 3. The molecule has 0 fully saturated rings. The van der Waals surface area contributed by atoms with Gasteiger partial charge in [0.2, 0.25) is 5.91 Å². The molecule has 1 heterocycles. The Labute approximate surface area is 157 Å². The first-order valence-corrected chi connectivity index (χ1v) is 8.88. The minimum absolute atomic E-state index is 0.0424. The van der Waals surface area contributed by atoms with Gasteiger partial charge in [-0.05, 0) is 59.7 Å². The Morgan fingerprint density at radius 3 is 2.67 bits per heavy atom. The van der Waals surface area contributed by atoms with Crippen LogP contribution in [0.1, 0.15) is 18.4 Å². The molecule has 27 heavy (non-hydrogen) atoms. The number of hydrogen-bond donors (Lipinski definition) is 1. The fraction of sp³-hybridized carbons (Fsp3) is 0.130. The fourth-order valence-corrected chi connectivity index (χ4v) is 3.24. The summed E-state index contributed by atoms with van der Waals surface area (Å²) in [5.41, 5.74) is 2.62. The Bertz CT molecular complexity index is 1130. The van der Waals surface area contributed by atoms with Gasteiger partial charge in [-0.15, -0.1) is 0 Å². The van der Waals surface area contributed by atoms with Crippen molar-refractivity contribution in [1.82, 2.24) is 4.98 Å². The highest BCUT2D eigenvalue weighted by molar-refractivity contribution is 6.03. The number of carbonyl (C=O) groups is 1. The summed E-state index contributed by atoms with van der Waals surface area (Å²) < 4.78 is 5.27. The maximum absolute atomic E-state index is 12.8. The van der Waals surface area contributed by atoms with Crippen molar-refractivity contribution in [2.45, 2.75) is 12.8 Å². The Morgan fingerprint density at radius 1 is 1.00 bits per heavy atom. The van der Waals surface area contributed by atoms with Crippen molar-refractivity contribution in [2.75, 3.05) is 12.4 Å². The lowest BCUT2D eigenvalue weighted by Gasteiger charge is -2.15. The molecule has 0 saturated heterocycles. The first-order valence-electron chi connectivity index (χ1n) is 8.88. The molecule has 0 aliphatic carbocycles. The number of rotatable bonds is 4. The van der Waals surface area contributed by atoms with E-state index in [4.69, 9.17) is 4.74 Å². The molecule has 4 aromatic rings. The number of nitrogens with zero attached hydrogens (tertiary/aromatic N) is 1. The first-order chi connectivity index (χ1) is 13.2. The highest BCUT2D eigenvalue weighted by Gasteiger charge is 2.17. The van der Waals surface area contributed by atoms with Gasteiger partial charge >= 0.3 is 0 Å². The SMILES string of the molecule is COc1ccc2cc([C@H](C)C(=O)Nc3cccc4ncccc34)ccc2c1. The summed E-state index contributed by atoms with van der Waals surface area (Å²) in [6.45, 7) is 1.92. The minimum atomic E-state index is -0.275. The van der Waals surface area contributed by atoms with Crippen LogP contribution in [0.3, 0.4) is 0 Å². The largest absolute Gasteiger partial charge is 0.497 e. The van der Waals surface area contributed by atoms with Gasteiger partial charge in [0.25, 0.3) is 0 Å². The van der Waals surface area contributed by atoms with Crippen molar-refractivity contribution < 1.29 is 9.53 Å². The predicted octanol–water partition coefficient (Wildman–Crippen LogP) is 5.14. The summed E-state index contributed by atoms with van der Waals surface area (Å²) in [6, 6.07) is 21.6. The standard InChI is InChI=1S/C23H20N2O2/c1-15(16-8-9-18-14-19(27-2)11-10-17(18)13-16)23(26)25-22-7-3-6-21-20(22)5-4-12-24-21/h3-15H,1-2H3,(H,25,26)/t15-/m0/s1. The van der Waals surface area contributed by atoms with E-state index in [9.17, 15) is 4.79 Å². The number of methoxy groups -OCH3 is 1. The number of ether oxygens (including phenoxy) is 1. The van der Waals surface area contributed by atoms with E-state index >= 15 is 0 Å². The zero-order valence-corrected chi connectivity index (χ0v) is 15.3. The van der Waals surface area contributed by atoms with Crippen molar-refractivity contribution in [3.8, 4) is 5.75 Å². The fourth-order valence-electron chi connectivity index (χ4n) is 3.24. The Balaban J connectivity index is 1.61. The van der Waals surface area contributed by atoms with Crippen LogP contribution in [-0.2, 0) is 4.79 Å². The summed E-state index contributed by atoms with van der Waals surface area (Å²) in [5, 5.41) is 6.16. The average Bonchev–Trinajstić information content (AvgIpc) is 2.72. The lowest BCUT2D eigenvalue weighted by atomic mass is 9.97. The topological polar surface area (TPSA) is 51.2 Å². The molecule has 0 aliphatic rings. The summed E-state index contributed by atoms with van der Waals surface area (Å²) in [4.78, 5) is 17.2. The molecule has 4 nitrogen and oxygen atoms in total. The number of amides is 1. The summed E-state index contributed by atoms with van der Waals surface area (Å²) in [5.74, 6) is 0.508. The smallest absolute Gasteiger partial charge is 0.231 e. The van der Waals surface area contributed by atoms with Crippen LogP contribution in [0.25, 0.3) is 21.7 Å². The number of pyridine rings is 1. The van der Waals surface area contributed by atoms with E-state index in [0.717, 1.165) is 38.7 Å². The molecular formula is C23H20N2O2. The Morgan fingerprint density at radius 2 is 1.81 bits per heavy atom. The molecule has 0 aliphatic heterocycles. The number of nitrogens with one attached hydrogen (secondary N) is 1. The molecule has 0 bridgehead atoms. The van der Waals surface area contributed by atoms with Gasteiger partial charge in [-0.3, -0.25) is 9.78 Å². The van der Waals surface area contributed by atoms with Crippen molar-refractivity contribution in [2.24, 2.45) is 0 Å². The van der Waals surface area contributed by atoms with E-state index in [1.807, 2.05) is 67.6 Å². The van der Waals surface area contributed by atoms with Gasteiger partial charge in [0, 0.05) is 11.6 Å². The lowest BCUT2D eigenvalue weighted by molar-refractivity contribution is -0.117. The van der Waals surface area contributed by atoms with Gasteiger partial charge in [0.15, 0.2) is 0 Å². The van der Waals surface area contributed by atoms with Gasteiger partial charge in [0.1, 0.15) is 5.75 Å². The van der Waals surface area contributed by atoms with Crippen molar-refractivity contribution >= 4 is 33.3 Å². The molecule has 3 aromatic carbocycles. The summed E-state index contributed by atoms with van der Waals surface area (Å²) >= 11 is 0. The summed E-state index contributed by atoms with van der Waals surface area (Å²) in [6.07, 6.45) is 1.75. The normalized spacial score (nSPS) is 12.1. The van der Waals surface area contributed by atoms with Gasteiger partial charge in [0.05, 0.1) is 24.2 Å². The van der Waals surface area contributed by atoms with Crippen LogP contribution in [0.2, 0.25) is 0 Å². The molecule has 134 valence electrons. The second-order valence-corrected chi connectivity index (χ2v) is 6.56. The third-order valence-electron chi connectivity index (χ3n) is 4.87. The number of aromatic nitrogens is 1. The second kappa shape index (κ2) is 7.08. The van der Waals surface area contributed by atoms with E-state index in [0.29, 0.717) is 0 Å². The molecule has 0 unspecified atom stereocenters. The number of fused-ring (bicyclic) bond motifs is 2. The van der Waals surface area contributed by atoms with Gasteiger partial charge < -0.3 is 10.1 Å². The van der Waals surface area contributed by atoms with Gasteiger partial charge in [-0.25, -0.2) is 0 Å². The minimum Gasteiger partial charge on any atom is -0.497 e. The quantitative estimate of drug-likeness (QED) is 0.551. The molecule has 1 aromatic heterocycles. The van der Waals surface area contributed by atoms with Crippen LogP contribution < -0.4 is 10.1 Å². The molecular weight excluding hydrogens is 336 g/mol. The highest BCUT2D eigenvalue weighted by atomic mass is 16.5. The van der Waals surface area contributed by atoms with Crippen LogP contribution in [0.15, 0.2) is 72.9 Å².